The Kier molecular flexibility index (Phi) is 4.82. The molecule has 0 aliphatic carbocycles. The maximum atomic E-state index is 5.69. The fourth-order valence-electron chi connectivity index (χ4n) is 3.26. The van der Waals surface area contributed by atoms with E-state index in [0.29, 0.717) is 10.4 Å². The van der Waals surface area contributed by atoms with Crippen LogP contribution in [0.25, 0.3) is 0 Å². The minimum atomic E-state index is 0.483. The second-order valence-corrected chi connectivity index (χ2v) is 6.61. The van der Waals surface area contributed by atoms with Crippen LogP contribution in [-0.4, -0.2) is 23.0 Å². The van der Waals surface area contributed by atoms with Crippen LogP contribution in [0.5, 0.6) is 0 Å². The van der Waals surface area contributed by atoms with Crippen molar-refractivity contribution in [1.29, 1.82) is 0 Å². The van der Waals surface area contributed by atoms with Crippen molar-refractivity contribution >= 4 is 17.2 Å². The molecule has 3 heteroatoms. The zero-order chi connectivity index (χ0) is 14.8. The quantitative estimate of drug-likeness (QED) is 0.840. The van der Waals surface area contributed by atoms with Crippen LogP contribution in [0.2, 0.25) is 0 Å². The van der Waals surface area contributed by atoms with Crippen LogP contribution >= 0.6 is 12.2 Å². The highest BCUT2D eigenvalue weighted by Crippen LogP contribution is 2.37. The maximum absolute atomic E-state index is 5.69. The van der Waals surface area contributed by atoms with Gasteiger partial charge in [0, 0.05) is 18.7 Å². The lowest BCUT2D eigenvalue weighted by Gasteiger charge is -2.26. The monoisotopic (exact) mass is 290 g/mol. The molecule has 0 amide bonds. The first kappa shape index (κ1) is 15.5. The number of rotatable bonds is 5. The first-order valence-corrected chi connectivity index (χ1v) is 8.02. The first-order valence-electron chi connectivity index (χ1n) is 7.61. The van der Waals surface area contributed by atoms with Gasteiger partial charge in [-0.1, -0.05) is 38.2 Å². The number of nitrogens with zero attached hydrogens (tertiary/aromatic N) is 1. The highest BCUT2D eigenvalue weighted by molar-refractivity contribution is 7.80. The summed E-state index contributed by atoms with van der Waals surface area (Å²) in [6, 6.07) is 6.34. The molecule has 1 aliphatic heterocycles. The molecule has 0 unspecified atom stereocenters. The highest BCUT2D eigenvalue weighted by atomic mass is 32.1. The number of thiocarbonyl (C=S) groups is 1. The highest BCUT2D eigenvalue weighted by Gasteiger charge is 2.34. The minimum absolute atomic E-state index is 0.483. The van der Waals surface area contributed by atoms with Gasteiger partial charge in [-0.2, -0.15) is 0 Å². The van der Waals surface area contributed by atoms with Crippen LogP contribution in [0.1, 0.15) is 49.8 Å². The second kappa shape index (κ2) is 6.23. The lowest BCUT2D eigenvalue weighted by atomic mass is 9.82. The summed E-state index contributed by atoms with van der Waals surface area (Å²) in [6.07, 6.45) is 3.92. The molecule has 0 aromatic heterocycles. The molecule has 0 saturated carbocycles. The van der Waals surface area contributed by atoms with Gasteiger partial charge in [-0.3, -0.25) is 4.90 Å². The van der Waals surface area contributed by atoms with Crippen molar-refractivity contribution in [3.63, 3.8) is 0 Å². The van der Waals surface area contributed by atoms with E-state index < -0.39 is 0 Å². The van der Waals surface area contributed by atoms with Crippen LogP contribution in [0.3, 0.4) is 0 Å². The third kappa shape index (κ3) is 3.21. The summed E-state index contributed by atoms with van der Waals surface area (Å²) in [7, 11) is 0. The number of benzene rings is 1. The fraction of sp³-hybridized carbons (Fsp3) is 0.588. The Morgan fingerprint density at radius 1 is 1.35 bits per heavy atom. The summed E-state index contributed by atoms with van der Waals surface area (Å²) in [5, 5.41) is 0. The summed E-state index contributed by atoms with van der Waals surface area (Å²) < 4.78 is 0. The average molecular weight is 290 g/mol. The Labute approximate surface area is 128 Å². The van der Waals surface area contributed by atoms with E-state index in [0.717, 1.165) is 12.1 Å². The first-order chi connectivity index (χ1) is 9.49. The zero-order valence-corrected chi connectivity index (χ0v) is 13.7. The van der Waals surface area contributed by atoms with E-state index in [9.17, 15) is 0 Å². The van der Waals surface area contributed by atoms with Crippen LogP contribution in [0.4, 0.5) is 0 Å². The zero-order valence-electron chi connectivity index (χ0n) is 12.9. The summed E-state index contributed by atoms with van der Waals surface area (Å²) in [6.45, 7) is 10.3. The van der Waals surface area contributed by atoms with E-state index in [2.05, 4.69) is 37.8 Å². The van der Waals surface area contributed by atoms with E-state index in [1.165, 1.54) is 43.5 Å². The SMILES string of the molecule is CCC1(CC)CCN(Cc2ccc(C(N)=S)cc2C)C1. The fourth-order valence-corrected chi connectivity index (χ4v) is 3.38. The van der Waals surface area contributed by atoms with Gasteiger partial charge < -0.3 is 5.73 Å². The predicted octanol–water partition coefficient (Wildman–Crippen LogP) is 3.64. The molecular weight excluding hydrogens is 264 g/mol. The third-order valence-corrected chi connectivity index (χ3v) is 5.27. The topological polar surface area (TPSA) is 29.3 Å². The van der Waals surface area contributed by atoms with Crippen LogP contribution < -0.4 is 5.73 Å². The third-order valence-electron chi connectivity index (χ3n) is 5.04. The normalized spacial score (nSPS) is 18.4. The number of hydrogen-bond donors (Lipinski definition) is 1. The predicted molar refractivity (Wildman–Crippen MR) is 90.0 cm³/mol. The molecule has 0 atom stereocenters. The van der Waals surface area contributed by atoms with Crippen molar-refractivity contribution in [2.45, 2.75) is 46.6 Å². The van der Waals surface area contributed by atoms with Crippen molar-refractivity contribution < 1.29 is 0 Å². The van der Waals surface area contributed by atoms with Gasteiger partial charge >= 0.3 is 0 Å². The molecule has 0 spiro atoms. The van der Waals surface area contributed by atoms with Crippen LogP contribution in [0.15, 0.2) is 18.2 Å². The molecule has 2 nitrogen and oxygen atoms in total. The molecule has 0 bridgehead atoms. The molecule has 1 aliphatic rings. The summed E-state index contributed by atoms with van der Waals surface area (Å²) >= 11 is 5.04. The van der Waals surface area contributed by atoms with E-state index in [1.54, 1.807) is 0 Å². The summed E-state index contributed by atoms with van der Waals surface area (Å²) in [5.41, 5.74) is 9.90. The maximum Gasteiger partial charge on any atom is 0.103 e. The van der Waals surface area contributed by atoms with E-state index >= 15 is 0 Å². The number of likely N-dealkylation sites (tertiary alicyclic amines) is 1. The number of nitrogens with two attached hydrogens (primary N) is 1. The molecule has 2 rings (SSSR count). The Morgan fingerprint density at radius 2 is 2.05 bits per heavy atom. The Bertz CT molecular complexity index is 492. The number of aryl methyl sites for hydroxylation is 1. The molecule has 1 aromatic rings. The van der Waals surface area contributed by atoms with Gasteiger partial charge in [-0.25, -0.2) is 0 Å². The Hall–Kier alpha value is -0.930. The summed E-state index contributed by atoms with van der Waals surface area (Å²) in [4.78, 5) is 3.08. The van der Waals surface area contributed by atoms with Crippen molar-refractivity contribution in [2.75, 3.05) is 13.1 Å². The van der Waals surface area contributed by atoms with Gasteiger partial charge in [0.25, 0.3) is 0 Å². The molecule has 1 fully saturated rings. The lowest BCUT2D eigenvalue weighted by molar-refractivity contribution is 0.236. The van der Waals surface area contributed by atoms with E-state index in [1.807, 2.05) is 6.07 Å². The van der Waals surface area contributed by atoms with Gasteiger partial charge in [0.15, 0.2) is 0 Å². The van der Waals surface area contributed by atoms with Gasteiger partial charge in [0.05, 0.1) is 0 Å². The number of hydrogen-bond acceptors (Lipinski definition) is 2. The smallest absolute Gasteiger partial charge is 0.103 e. The molecule has 2 N–H and O–H groups in total. The average Bonchev–Trinajstić information content (AvgIpc) is 2.85. The molecule has 1 heterocycles. The molecule has 1 aromatic carbocycles. The molecule has 1 saturated heterocycles. The standard InChI is InChI=1S/C17H26N2S/c1-4-17(5-2)8-9-19(12-17)11-15-7-6-14(16(18)20)10-13(15)3/h6-7,10H,4-5,8-9,11-12H2,1-3H3,(H2,18,20). The van der Waals surface area contributed by atoms with Gasteiger partial charge in [-0.05, 0) is 55.3 Å². The van der Waals surface area contributed by atoms with Gasteiger partial charge in [-0.15, -0.1) is 0 Å². The molecule has 20 heavy (non-hydrogen) atoms. The molecule has 110 valence electrons. The van der Waals surface area contributed by atoms with Crippen molar-refractivity contribution in [3.8, 4) is 0 Å². The second-order valence-electron chi connectivity index (χ2n) is 6.17. The van der Waals surface area contributed by atoms with Crippen molar-refractivity contribution in [1.82, 2.24) is 4.90 Å². The van der Waals surface area contributed by atoms with Crippen molar-refractivity contribution in [2.24, 2.45) is 11.1 Å². The lowest BCUT2D eigenvalue weighted by Crippen LogP contribution is -2.26. The minimum Gasteiger partial charge on any atom is -0.389 e. The van der Waals surface area contributed by atoms with Gasteiger partial charge in [0.1, 0.15) is 4.99 Å². The van der Waals surface area contributed by atoms with Gasteiger partial charge in [0.2, 0.25) is 0 Å². The van der Waals surface area contributed by atoms with E-state index in [4.69, 9.17) is 18.0 Å². The molecular formula is C17H26N2S. The molecule has 0 radical (unpaired) electrons. The van der Waals surface area contributed by atoms with Crippen LogP contribution in [0, 0.1) is 12.3 Å². The van der Waals surface area contributed by atoms with E-state index in [-0.39, 0.29) is 0 Å². The Morgan fingerprint density at radius 3 is 2.55 bits per heavy atom. The summed E-state index contributed by atoms with van der Waals surface area (Å²) in [5.74, 6) is 0. The van der Waals surface area contributed by atoms with Crippen molar-refractivity contribution in [3.05, 3.63) is 34.9 Å². The van der Waals surface area contributed by atoms with Crippen LogP contribution in [-0.2, 0) is 6.54 Å². The largest absolute Gasteiger partial charge is 0.389 e. The Balaban J connectivity index is 2.06.